The summed E-state index contributed by atoms with van der Waals surface area (Å²) in [6.45, 7) is 0.556. The number of likely N-dealkylation sites (N-methyl/N-ethyl adjacent to an activating group) is 1. The summed E-state index contributed by atoms with van der Waals surface area (Å²) in [6.07, 6.45) is 0.169. The fourth-order valence-corrected chi connectivity index (χ4v) is 1.93. The molecular weight excluding hydrogens is 214 g/mol. The van der Waals surface area contributed by atoms with Crippen LogP contribution in [0.5, 0.6) is 5.75 Å². The summed E-state index contributed by atoms with van der Waals surface area (Å²) in [5.41, 5.74) is 0.817. The molecular formula is C11H14ClNO2. The molecule has 0 aromatic heterocycles. The molecule has 2 atom stereocenters. The van der Waals surface area contributed by atoms with Gasteiger partial charge in [-0.25, -0.2) is 0 Å². The van der Waals surface area contributed by atoms with Crippen molar-refractivity contribution in [2.45, 2.75) is 18.6 Å². The first-order chi connectivity index (χ1) is 7.20. The van der Waals surface area contributed by atoms with E-state index in [9.17, 15) is 5.11 Å². The maximum atomic E-state index is 9.97. The van der Waals surface area contributed by atoms with Gasteiger partial charge in [0.25, 0.3) is 0 Å². The van der Waals surface area contributed by atoms with Gasteiger partial charge in [-0.15, -0.1) is 0 Å². The molecule has 0 spiro atoms. The molecule has 2 rings (SSSR count). The summed E-state index contributed by atoms with van der Waals surface area (Å²) in [5, 5.41) is 13.7. The predicted octanol–water partition coefficient (Wildman–Crippen LogP) is 1.74. The van der Waals surface area contributed by atoms with Crippen LogP contribution in [0.1, 0.15) is 18.1 Å². The largest absolute Gasteiger partial charge is 0.492 e. The fraction of sp³-hybridized carbons (Fsp3) is 0.455. The van der Waals surface area contributed by atoms with Crippen LogP contribution in [0.3, 0.4) is 0 Å². The van der Waals surface area contributed by atoms with Gasteiger partial charge in [0.05, 0.1) is 6.10 Å². The highest BCUT2D eigenvalue weighted by atomic mass is 35.5. The smallest absolute Gasteiger partial charge is 0.126 e. The number of ether oxygens (including phenoxy) is 1. The van der Waals surface area contributed by atoms with Gasteiger partial charge in [-0.2, -0.15) is 0 Å². The number of aliphatic hydroxyl groups excluding tert-OH is 1. The molecule has 0 saturated heterocycles. The molecule has 0 saturated carbocycles. The van der Waals surface area contributed by atoms with Crippen molar-refractivity contribution in [2.24, 2.45) is 0 Å². The molecule has 0 aliphatic carbocycles. The van der Waals surface area contributed by atoms with Crippen molar-refractivity contribution in [1.29, 1.82) is 0 Å². The molecule has 0 unspecified atom stereocenters. The molecule has 0 radical (unpaired) electrons. The van der Waals surface area contributed by atoms with Crippen LogP contribution >= 0.6 is 11.6 Å². The molecule has 15 heavy (non-hydrogen) atoms. The first kappa shape index (κ1) is 10.7. The van der Waals surface area contributed by atoms with E-state index in [1.807, 2.05) is 13.1 Å². The van der Waals surface area contributed by atoms with Gasteiger partial charge in [-0.3, -0.25) is 0 Å². The van der Waals surface area contributed by atoms with Gasteiger partial charge in [0.1, 0.15) is 12.4 Å². The second-order valence-corrected chi connectivity index (χ2v) is 4.17. The lowest BCUT2D eigenvalue weighted by molar-refractivity contribution is 0.153. The average molecular weight is 228 g/mol. The van der Waals surface area contributed by atoms with Crippen molar-refractivity contribution < 1.29 is 9.84 Å². The SMILES string of the molecule is CN[C@@H]1COc2cc(Cl)ccc2[C@H](O)C1. The Bertz CT molecular complexity index is 356. The quantitative estimate of drug-likeness (QED) is 0.768. The van der Waals surface area contributed by atoms with Gasteiger partial charge in [0.15, 0.2) is 0 Å². The van der Waals surface area contributed by atoms with E-state index < -0.39 is 6.10 Å². The van der Waals surface area contributed by atoms with Gasteiger partial charge in [-0.1, -0.05) is 17.7 Å². The molecule has 1 aromatic rings. The molecule has 1 aliphatic heterocycles. The van der Waals surface area contributed by atoms with Crippen molar-refractivity contribution in [3.63, 3.8) is 0 Å². The van der Waals surface area contributed by atoms with Gasteiger partial charge in [0.2, 0.25) is 0 Å². The summed E-state index contributed by atoms with van der Waals surface area (Å²) in [4.78, 5) is 0. The third kappa shape index (κ3) is 2.25. The summed E-state index contributed by atoms with van der Waals surface area (Å²) >= 11 is 5.87. The monoisotopic (exact) mass is 227 g/mol. The lowest BCUT2D eigenvalue weighted by atomic mass is 10.0. The summed E-state index contributed by atoms with van der Waals surface area (Å²) in [5.74, 6) is 0.688. The number of hydrogen-bond donors (Lipinski definition) is 2. The zero-order chi connectivity index (χ0) is 10.8. The molecule has 0 fully saturated rings. The summed E-state index contributed by atoms with van der Waals surface area (Å²) in [7, 11) is 1.86. The van der Waals surface area contributed by atoms with E-state index >= 15 is 0 Å². The number of benzene rings is 1. The van der Waals surface area contributed by atoms with E-state index in [1.54, 1.807) is 12.1 Å². The van der Waals surface area contributed by atoms with E-state index in [4.69, 9.17) is 16.3 Å². The van der Waals surface area contributed by atoms with Crippen LogP contribution in [0.15, 0.2) is 18.2 Å². The lowest BCUT2D eigenvalue weighted by Crippen LogP contribution is -2.31. The second kappa shape index (κ2) is 4.39. The van der Waals surface area contributed by atoms with E-state index in [0.717, 1.165) is 5.56 Å². The minimum absolute atomic E-state index is 0.172. The molecule has 0 bridgehead atoms. The molecule has 1 aromatic carbocycles. The van der Waals surface area contributed by atoms with Gasteiger partial charge >= 0.3 is 0 Å². The van der Waals surface area contributed by atoms with Gasteiger partial charge in [-0.05, 0) is 25.6 Å². The van der Waals surface area contributed by atoms with E-state index in [0.29, 0.717) is 23.8 Å². The number of nitrogens with one attached hydrogen (secondary N) is 1. The molecule has 4 heteroatoms. The average Bonchev–Trinajstić information content (AvgIpc) is 2.38. The minimum Gasteiger partial charge on any atom is -0.492 e. The van der Waals surface area contributed by atoms with Crippen LogP contribution < -0.4 is 10.1 Å². The second-order valence-electron chi connectivity index (χ2n) is 3.73. The lowest BCUT2D eigenvalue weighted by Gasteiger charge is -2.14. The number of fused-ring (bicyclic) bond motifs is 1. The third-order valence-electron chi connectivity index (χ3n) is 2.69. The fourth-order valence-electron chi connectivity index (χ4n) is 1.76. The number of halogens is 1. The Labute approximate surface area is 94.0 Å². The third-order valence-corrected chi connectivity index (χ3v) is 2.93. The topological polar surface area (TPSA) is 41.5 Å². The maximum Gasteiger partial charge on any atom is 0.126 e. The number of hydrogen-bond acceptors (Lipinski definition) is 3. The van der Waals surface area contributed by atoms with Crippen LogP contribution in [0.25, 0.3) is 0 Å². The highest BCUT2D eigenvalue weighted by Crippen LogP contribution is 2.33. The Morgan fingerprint density at radius 3 is 3.07 bits per heavy atom. The van der Waals surface area contributed by atoms with E-state index in [1.165, 1.54) is 0 Å². The van der Waals surface area contributed by atoms with Crippen LogP contribution in [0.2, 0.25) is 5.02 Å². The van der Waals surface area contributed by atoms with Crippen LogP contribution in [0.4, 0.5) is 0 Å². The zero-order valence-corrected chi connectivity index (χ0v) is 9.29. The molecule has 2 N–H and O–H groups in total. The maximum absolute atomic E-state index is 9.97. The summed E-state index contributed by atoms with van der Waals surface area (Å²) < 4.78 is 5.60. The Balaban J connectivity index is 2.30. The number of rotatable bonds is 1. The van der Waals surface area contributed by atoms with Crippen molar-refractivity contribution in [1.82, 2.24) is 5.32 Å². The predicted molar refractivity (Wildman–Crippen MR) is 59.4 cm³/mol. The molecule has 82 valence electrons. The molecule has 3 nitrogen and oxygen atoms in total. The Hall–Kier alpha value is -0.770. The van der Waals surface area contributed by atoms with Crippen molar-refractivity contribution in [2.75, 3.05) is 13.7 Å². The molecule has 0 amide bonds. The number of aliphatic hydroxyl groups is 1. The van der Waals surface area contributed by atoms with Crippen molar-refractivity contribution in [3.8, 4) is 5.75 Å². The normalized spacial score (nSPS) is 25.3. The molecule has 1 heterocycles. The zero-order valence-electron chi connectivity index (χ0n) is 8.53. The minimum atomic E-state index is -0.489. The van der Waals surface area contributed by atoms with Crippen LogP contribution in [0, 0.1) is 0 Å². The Kier molecular flexibility index (Phi) is 3.14. The summed E-state index contributed by atoms with van der Waals surface area (Å²) in [6, 6.07) is 5.51. The standard InChI is InChI=1S/C11H14ClNO2/c1-13-8-5-10(14)9-3-2-7(12)4-11(9)15-6-8/h2-4,8,10,13-14H,5-6H2,1H3/t8-,10+/m0/s1. The Morgan fingerprint density at radius 1 is 1.53 bits per heavy atom. The van der Waals surface area contributed by atoms with Gasteiger partial charge < -0.3 is 15.2 Å². The first-order valence-electron chi connectivity index (χ1n) is 4.98. The van der Waals surface area contributed by atoms with Crippen LogP contribution in [-0.4, -0.2) is 24.8 Å². The highest BCUT2D eigenvalue weighted by Gasteiger charge is 2.23. The van der Waals surface area contributed by atoms with Crippen LogP contribution in [-0.2, 0) is 0 Å². The molecule has 1 aliphatic rings. The van der Waals surface area contributed by atoms with Gasteiger partial charge in [0, 0.05) is 16.6 Å². The van der Waals surface area contributed by atoms with Crippen molar-refractivity contribution >= 4 is 11.6 Å². The Morgan fingerprint density at radius 2 is 2.33 bits per heavy atom. The highest BCUT2D eigenvalue weighted by molar-refractivity contribution is 6.30. The van der Waals surface area contributed by atoms with E-state index in [-0.39, 0.29) is 6.04 Å². The first-order valence-corrected chi connectivity index (χ1v) is 5.36. The van der Waals surface area contributed by atoms with Crippen molar-refractivity contribution in [3.05, 3.63) is 28.8 Å². The van der Waals surface area contributed by atoms with E-state index in [2.05, 4.69) is 5.32 Å².